The summed E-state index contributed by atoms with van der Waals surface area (Å²) >= 11 is 7.23. The van der Waals surface area contributed by atoms with Crippen LogP contribution < -0.4 is 0 Å². The number of amides is 3. The second-order valence-electron chi connectivity index (χ2n) is 11.1. The number of aromatic nitrogens is 3. The summed E-state index contributed by atoms with van der Waals surface area (Å²) in [6.45, 7) is -0.295. The van der Waals surface area contributed by atoms with Crippen molar-refractivity contribution >= 4 is 60.8 Å². The lowest BCUT2D eigenvalue weighted by atomic mass is 10.00. The molecule has 12 nitrogen and oxygen atoms in total. The molecule has 0 saturated carbocycles. The number of nitrogens with zero attached hydrogens (tertiary/aromatic N) is 7. The molecule has 4 aromatic rings. The van der Waals surface area contributed by atoms with Gasteiger partial charge in [-0.2, -0.15) is 4.31 Å². The maximum absolute atomic E-state index is 14.2. The first-order chi connectivity index (χ1) is 21.3. The average Bonchev–Trinajstić information content (AvgIpc) is 3.45. The third kappa shape index (κ3) is 6.98. The van der Waals surface area contributed by atoms with Gasteiger partial charge in [0, 0.05) is 94.2 Å². The molecule has 0 aliphatic carbocycles. The van der Waals surface area contributed by atoms with Crippen LogP contribution in [0.4, 0.5) is 0 Å². The summed E-state index contributed by atoms with van der Waals surface area (Å²) in [5.74, 6) is -0.697. The van der Waals surface area contributed by atoms with Gasteiger partial charge >= 0.3 is 0 Å². The van der Waals surface area contributed by atoms with Crippen molar-refractivity contribution in [3.05, 3.63) is 71.8 Å². The Morgan fingerprint density at radius 2 is 1.49 bits per heavy atom. The van der Waals surface area contributed by atoms with Crippen molar-refractivity contribution in [2.24, 2.45) is 0 Å². The summed E-state index contributed by atoms with van der Waals surface area (Å²) in [7, 11) is 2.29. The first-order valence-electron chi connectivity index (χ1n) is 14.0. The van der Waals surface area contributed by atoms with Crippen LogP contribution in [0.2, 0.25) is 5.02 Å². The van der Waals surface area contributed by atoms with Crippen molar-refractivity contribution in [3.63, 3.8) is 0 Å². The Morgan fingerprint density at radius 3 is 2.04 bits per heavy atom. The Hall–Kier alpha value is -3.98. The van der Waals surface area contributed by atoms with E-state index in [4.69, 9.17) is 11.6 Å². The lowest BCUT2D eigenvalue weighted by molar-refractivity contribution is -0.131. The van der Waals surface area contributed by atoms with Gasteiger partial charge in [0.1, 0.15) is 4.21 Å². The number of pyridine rings is 1. The molecule has 5 rings (SSSR count). The normalized spacial score (nSPS) is 17.3. The summed E-state index contributed by atoms with van der Waals surface area (Å²) in [4.78, 5) is 57.2. The van der Waals surface area contributed by atoms with E-state index in [-0.39, 0.29) is 47.5 Å². The number of thiophene rings is 1. The molecular formula is C30H32ClN7O5S2. The van der Waals surface area contributed by atoms with Crippen molar-refractivity contribution in [3.8, 4) is 11.4 Å². The lowest BCUT2D eigenvalue weighted by Gasteiger charge is -2.46. The molecule has 1 aliphatic heterocycles. The summed E-state index contributed by atoms with van der Waals surface area (Å²) in [6, 6.07) is 8.47. The predicted molar refractivity (Wildman–Crippen MR) is 171 cm³/mol. The van der Waals surface area contributed by atoms with Gasteiger partial charge in [-0.15, -0.1) is 11.3 Å². The molecule has 0 N–H and O–H groups in total. The molecule has 2 unspecified atom stereocenters. The molecule has 2 atom stereocenters. The van der Waals surface area contributed by atoms with Crippen molar-refractivity contribution < 1.29 is 22.8 Å². The van der Waals surface area contributed by atoms with Crippen LogP contribution in [0.3, 0.4) is 0 Å². The minimum absolute atomic E-state index is 0.106. The molecule has 15 heteroatoms. The Labute approximate surface area is 270 Å². The third-order valence-corrected chi connectivity index (χ3v) is 11.2. The highest BCUT2D eigenvalue weighted by Crippen LogP contribution is 2.35. The molecule has 1 aromatic carbocycles. The maximum Gasteiger partial charge on any atom is 0.257 e. The minimum atomic E-state index is -4.07. The Balaban J connectivity index is 1.53. The van der Waals surface area contributed by atoms with Crippen LogP contribution in [0.15, 0.2) is 65.4 Å². The van der Waals surface area contributed by atoms with Crippen molar-refractivity contribution in [1.29, 1.82) is 0 Å². The summed E-state index contributed by atoms with van der Waals surface area (Å²) < 4.78 is 30.2. The molecule has 0 bridgehead atoms. The minimum Gasteiger partial charge on any atom is -0.349 e. The van der Waals surface area contributed by atoms with Crippen LogP contribution >= 0.6 is 22.9 Å². The van der Waals surface area contributed by atoms with Crippen LogP contribution in [-0.4, -0.2) is 113 Å². The van der Waals surface area contributed by atoms with Gasteiger partial charge in [0.25, 0.3) is 15.9 Å². The Kier molecular flexibility index (Phi) is 9.49. The smallest absolute Gasteiger partial charge is 0.257 e. The molecule has 0 radical (unpaired) electrons. The highest BCUT2D eigenvalue weighted by atomic mass is 35.5. The van der Waals surface area contributed by atoms with Crippen LogP contribution in [0.25, 0.3) is 21.5 Å². The first kappa shape index (κ1) is 32.4. The number of fused-ring (bicyclic) bond motifs is 1. The van der Waals surface area contributed by atoms with E-state index >= 15 is 0 Å². The number of carbonyl (C=O) groups excluding carboxylic acids is 3. The topological polar surface area (TPSA) is 137 Å². The molecule has 3 amide bonds. The number of benzene rings is 1. The molecule has 0 spiro atoms. The first-order valence-corrected chi connectivity index (χ1v) is 16.6. The van der Waals surface area contributed by atoms with Gasteiger partial charge < -0.3 is 14.7 Å². The van der Waals surface area contributed by atoms with Gasteiger partial charge in [-0.05, 0) is 35.7 Å². The zero-order valence-electron chi connectivity index (χ0n) is 25.1. The monoisotopic (exact) mass is 669 g/mol. The number of piperazine rings is 1. The third-order valence-electron chi connectivity index (χ3n) is 7.56. The number of rotatable bonds is 8. The van der Waals surface area contributed by atoms with Gasteiger partial charge in [-0.3, -0.25) is 19.4 Å². The second-order valence-corrected chi connectivity index (χ2v) is 14.8. The summed E-state index contributed by atoms with van der Waals surface area (Å²) in [6.07, 6.45) is 5.69. The van der Waals surface area contributed by atoms with Gasteiger partial charge in [-0.1, -0.05) is 17.7 Å². The average molecular weight is 670 g/mol. The van der Waals surface area contributed by atoms with E-state index in [9.17, 15) is 22.8 Å². The van der Waals surface area contributed by atoms with Gasteiger partial charge in [0.15, 0.2) is 5.82 Å². The summed E-state index contributed by atoms with van der Waals surface area (Å²) in [5, 5.41) is 1.22. The van der Waals surface area contributed by atoms with E-state index in [2.05, 4.69) is 15.0 Å². The van der Waals surface area contributed by atoms with Crippen LogP contribution in [-0.2, 0) is 19.6 Å². The second kappa shape index (κ2) is 13.2. The molecule has 45 heavy (non-hydrogen) atoms. The SMILES string of the molecule is CN(C)C(=O)CC1CN(S(=O)(=O)c2cc3ccc(Cl)cc3s2)CC(CC(=O)N(C)C)N1C(=O)c1cnc(-c2ccncc2)nc1. The van der Waals surface area contributed by atoms with E-state index in [1.807, 2.05) is 0 Å². The molecule has 3 aromatic heterocycles. The van der Waals surface area contributed by atoms with Gasteiger partial charge in [0.2, 0.25) is 11.8 Å². The van der Waals surface area contributed by atoms with E-state index in [1.54, 1.807) is 77.0 Å². The lowest BCUT2D eigenvalue weighted by Crippen LogP contribution is -2.63. The molecule has 1 aliphatic rings. The summed E-state index contributed by atoms with van der Waals surface area (Å²) in [5.41, 5.74) is 0.866. The Bertz CT molecular complexity index is 1800. The van der Waals surface area contributed by atoms with E-state index in [0.717, 1.165) is 22.3 Å². The number of carbonyl (C=O) groups is 3. The fourth-order valence-electron chi connectivity index (χ4n) is 5.11. The number of hydrogen-bond donors (Lipinski definition) is 0. The van der Waals surface area contributed by atoms with Gasteiger partial charge in [0.05, 0.1) is 17.6 Å². The quantitative estimate of drug-likeness (QED) is 0.279. The van der Waals surface area contributed by atoms with Crippen molar-refractivity contribution in [2.75, 3.05) is 41.3 Å². The van der Waals surface area contributed by atoms with Crippen LogP contribution in [0, 0.1) is 0 Å². The van der Waals surface area contributed by atoms with Crippen molar-refractivity contribution in [1.82, 2.24) is 34.0 Å². The number of hydrogen-bond acceptors (Lipinski definition) is 9. The van der Waals surface area contributed by atoms with E-state index in [1.165, 1.54) is 31.4 Å². The predicted octanol–water partition coefficient (Wildman–Crippen LogP) is 3.25. The standard InChI is InChI=1S/C30H32ClN7O5S2/c1-35(2)26(39)13-23-17-37(45(42,43)28-11-20-5-6-22(31)12-25(20)44-28)18-24(14-27(40)36(3)4)38(23)30(41)21-15-33-29(34-16-21)19-7-9-32-10-8-19/h5-12,15-16,23-24H,13-14,17-18H2,1-4H3. The van der Waals surface area contributed by atoms with E-state index in [0.29, 0.717) is 15.5 Å². The Morgan fingerprint density at radius 1 is 0.911 bits per heavy atom. The van der Waals surface area contributed by atoms with E-state index < -0.39 is 28.0 Å². The van der Waals surface area contributed by atoms with Crippen LogP contribution in [0.5, 0.6) is 0 Å². The van der Waals surface area contributed by atoms with Crippen molar-refractivity contribution in [2.45, 2.75) is 29.1 Å². The number of halogens is 1. The maximum atomic E-state index is 14.2. The fourth-order valence-corrected chi connectivity index (χ4v) is 8.46. The zero-order chi connectivity index (χ0) is 32.5. The molecule has 236 valence electrons. The molecule has 1 saturated heterocycles. The fraction of sp³-hybridized carbons (Fsp3) is 0.333. The molecular weight excluding hydrogens is 638 g/mol. The van der Waals surface area contributed by atoms with Crippen LogP contribution in [0.1, 0.15) is 23.2 Å². The highest BCUT2D eigenvalue weighted by Gasteiger charge is 2.44. The number of sulfonamides is 1. The molecule has 4 heterocycles. The molecule has 1 fully saturated rings. The zero-order valence-corrected chi connectivity index (χ0v) is 27.5. The highest BCUT2D eigenvalue weighted by molar-refractivity contribution is 7.91. The van der Waals surface area contributed by atoms with Gasteiger partial charge in [-0.25, -0.2) is 18.4 Å². The largest absolute Gasteiger partial charge is 0.349 e.